The van der Waals surface area contributed by atoms with E-state index in [-0.39, 0.29) is 53.6 Å². The van der Waals surface area contributed by atoms with Crippen molar-refractivity contribution in [2.45, 2.75) is 95.2 Å². The molecule has 0 amide bonds. The molecule has 4 nitrogen and oxygen atoms in total. The number of benzene rings is 3. The number of halogens is 3. The number of aliphatic hydroxyl groups is 1. The summed E-state index contributed by atoms with van der Waals surface area (Å²) in [4.78, 5) is 21.0. The van der Waals surface area contributed by atoms with Crippen molar-refractivity contribution in [3.05, 3.63) is 81.9 Å². The zero-order valence-electron chi connectivity index (χ0n) is 28.1. The van der Waals surface area contributed by atoms with Crippen molar-refractivity contribution in [2.24, 2.45) is 10.8 Å². The van der Waals surface area contributed by atoms with Gasteiger partial charge in [0.15, 0.2) is 5.78 Å². The largest absolute Gasteiger partial charge is 0.512 e. The number of carbonyl (C=O) groups excluding carboxylic acids is 1. The summed E-state index contributed by atoms with van der Waals surface area (Å²) in [5, 5.41) is 11.8. The van der Waals surface area contributed by atoms with Crippen LogP contribution in [0.1, 0.15) is 88.0 Å². The van der Waals surface area contributed by atoms with Crippen LogP contribution in [0.15, 0.2) is 42.2 Å². The predicted octanol–water partition coefficient (Wildman–Crippen LogP) is 10.7. The Morgan fingerprint density at radius 1 is 0.911 bits per heavy atom. The Morgan fingerprint density at radius 3 is 2.04 bits per heavy atom. The maximum absolute atomic E-state index is 13.7. The Labute approximate surface area is 278 Å². The van der Waals surface area contributed by atoms with Gasteiger partial charge in [0.25, 0.3) is 0 Å². The first kappa shape index (κ1) is 38.1. The van der Waals surface area contributed by atoms with Crippen molar-refractivity contribution in [3.63, 3.8) is 0 Å². The standard InChI is InChI=1S/C24H20F3N2.C13H24O2.Ir/c1-12-8-13(2)10-18(9-12)22-19-7-6-17-11-14(3)21(24(25,26)27)15(4)20(17)23(19)29-16(5)28-22;1-7-12(3,4)10(14)9-11(15)13(5,6)8-2;/h6-9,11H,1-5H3;9,14H,7-8H2,1-6H3;/q-1;;/b;10-9-;. The van der Waals surface area contributed by atoms with Crippen molar-refractivity contribution in [2.75, 3.05) is 0 Å². The molecule has 45 heavy (non-hydrogen) atoms. The molecule has 1 heterocycles. The molecule has 0 saturated heterocycles. The minimum Gasteiger partial charge on any atom is -0.512 e. The number of ketones is 1. The molecule has 8 heteroatoms. The predicted molar refractivity (Wildman–Crippen MR) is 174 cm³/mol. The summed E-state index contributed by atoms with van der Waals surface area (Å²) in [7, 11) is 0. The Bertz CT molecular complexity index is 1730. The molecule has 0 spiro atoms. The van der Waals surface area contributed by atoms with E-state index in [0.717, 1.165) is 40.3 Å². The zero-order chi connectivity index (χ0) is 33.4. The fourth-order valence-electron chi connectivity index (χ4n) is 5.10. The molecule has 3 aromatic carbocycles. The van der Waals surface area contributed by atoms with Crippen LogP contribution in [0.5, 0.6) is 0 Å². The van der Waals surface area contributed by atoms with Gasteiger partial charge in [0.1, 0.15) is 11.6 Å². The first-order chi connectivity index (χ1) is 20.2. The molecular formula is C37H44F3IrN2O2-. The van der Waals surface area contributed by atoms with E-state index in [1.807, 2.05) is 79.7 Å². The second kappa shape index (κ2) is 14.1. The molecule has 4 aromatic rings. The number of fused-ring (bicyclic) bond motifs is 3. The Morgan fingerprint density at radius 2 is 1.51 bits per heavy atom. The van der Waals surface area contributed by atoms with Gasteiger partial charge in [-0.05, 0) is 61.2 Å². The van der Waals surface area contributed by atoms with Gasteiger partial charge in [-0.2, -0.15) is 13.2 Å². The van der Waals surface area contributed by atoms with Crippen molar-refractivity contribution < 1.29 is 43.2 Å². The van der Waals surface area contributed by atoms with E-state index in [1.165, 1.54) is 19.9 Å². The van der Waals surface area contributed by atoms with Gasteiger partial charge in [0.05, 0.1) is 11.1 Å². The number of hydrogen-bond donors (Lipinski definition) is 1. The normalized spacial score (nSPS) is 12.5. The van der Waals surface area contributed by atoms with Crippen LogP contribution in [0, 0.1) is 51.5 Å². The second-order valence-corrected chi connectivity index (χ2v) is 13.0. The van der Waals surface area contributed by atoms with Gasteiger partial charge in [-0.15, -0.1) is 34.9 Å². The minimum atomic E-state index is -4.42. The molecule has 0 bridgehead atoms. The molecule has 0 aliphatic rings. The molecule has 0 saturated carbocycles. The van der Waals surface area contributed by atoms with Gasteiger partial charge < -0.3 is 5.11 Å². The molecule has 1 N–H and O–H groups in total. The van der Waals surface area contributed by atoms with E-state index >= 15 is 0 Å². The van der Waals surface area contributed by atoms with Crippen LogP contribution in [0.2, 0.25) is 0 Å². The zero-order valence-corrected chi connectivity index (χ0v) is 30.5. The molecule has 0 unspecified atom stereocenters. The number of aromatic nitrogens is 2. The fraction of sp³-hybridized carbons (Fsp3) is 0.432. The van der Waals surface area contributed by atoms with Gasteiger partial charge in [0, 0.05) is 42.4 Å². The van der Waals surface area contributed by atoms with Crippen LogP contribution in [0.4, 0.5) is 13.2 Å². The SMILES string of the molecule is CCC(C)(C)C(=O)/C=C(\O)C(C)(C)CC.Cc1[c-]c(-c2nc(C)nc3c2ccc2cc(C)c(C(F)(F)F)c(C)c23)cc(C)c1.[Ir]. The van der Waals surface area contributed by atoms with Gasteiger partial charge in [-0.1, -0.05) is 73.6 Å². The molecular weight excluding hydrogens is 754 g/mol. The monoisotopic (exact) mass is 798 g/mol. The van der Waals surface area contributed by atoms with E-state index in [2.05, 4.69) is 16.0 Å². The van der Waals surface area contributed by atoms with Gasteiger partial charge in [-0.25, -0.2) is 4.98 Å². The average molecular weight is 798 g/mol. The van der Waals surface area contributed by atoms with Crippen LogP contribution < -0.4 is 0 Å². The number of aliphatic hydroxyl groups excluding tert-OH is 1. The van der Waals surface area contributed by atoms with Crippen molar-refractivity contribution in [1.29, 1.82) is 0 Å². The Balaban J connectivity index is 0.000000378. The number of rotatable bonds is 6. The Hall–Kier alpha value is -3.09. The summed E-state index contributed by atoms with van der Waals surface area (Å²) in [6.45, 7) is 20.4. The number of aryl methyl sites for hydroxylation is 5. The maximum Gasteiger partial charge on any atom is 0.416 e. The van der Waals surface area contributed by atoms with E-state index in [4.69, 9.17) is 0 Å². The molecule has 0 aliphatic carbocycles. The van der Waals surface area contributed by atoms with Gasteiger partial charge in [-0.3, -0.25) is 9.78 Å². The number of alkyl halides is 3. The van der Waals surface area contributed by atoms with Crippen LogP contribution in [0.25, 0.3) is 32.9 Å². The van der Waals surface area contributed by atoms with Crippen LogP contribution in [0.3, 0.4) is 0 Å². The first-order valence-electron chi connectivity index (χ1n) is 15.0. The minimum absolute atomic E-state index is 0. The van der Waals surface area contributed by atoms with E-state index in [0.29, 0.717) is 22.4 Å². The summed E-state index contributed by atoms with van der Waals surface area (Å²) >= 11 is 0. The third-order valence-electron chi connectivity index (χ3n) is 8.61. The average Bonchev–Trinajstić information content (AvgIpc) is 2.91. The Kier molecular flexibility index (Phi) is 12.0. The summed E-state index contributed by atoms with van der Waals surface area (Å²) in [5.74, 6) is 0.710. The summed E-state index contributed by atoms with van der Waals surface area (Å²) in [6.07, 6.45) is -1.43. The number of hydrogen-bond acceptors (Lipinski definition) is 4. The quantitative estimate of drug-likeness (QED) is 0.0914. The maximum atomic E-state index is 13.7. The van der Waals surface area contributed by atoms with Crippen molar-refractivity contribution in [1.82, 2.24) is 9.97 Å². The molecule has 0 aliphatic heterocycles. The van der Waals surface area contributed by atoms with E-state index in [9.17, 15) is 23.1 Å². The van der Waals surface area contributed by atoms with Crippen molar-refractivity contribution >= 4 is 27.5 Å². The topological polar surface area (TPSA) is 63.1 Å². The van der Waals surface area contributed by atoms with Crippen LogP contribution >= 0.6 is 0 Å². The van der Waals surface area contributed by atoms with E-state index in [1.54, 1.807) is 13.0 Å². The second-order valence-electron chi connectivity index (χ2n) is 13.0. The first-order valence-corrected chi connectivity index (χ1v) is 15.0. The fourth-order valence-corrected chi connectivity index (χ4v) is 5.10. The summed E-state index contributed by atoms with van der Waals surface area (Å²) < 4.78 is 41.1. The third kappa shape index (κ3) is 8.39. The molecule has 1 aromatic heterocycles. The molecule has 0 atom stereocenters. The molecule has 1 radical (unpaired) electrons. The summed E-state index contributed by atoms with van der Waals surface area (Å²) in [5.41, 5.74) is 3.25. The van der Waals surface area contributed by atoms with Gasteiger partial charge >= 0.3 is 6.18 Å². The number of nitrogens with zero attached hydrogens (tertiary/aromatic N) is 2. The number of allylic oxidation sites excluding steroid dienone is 2. The number of carbonyl (C=O) groups is 1. The van der Waals surface area contributed by atoms with E-state index < -0.39 is 11.7 Å². The third-order valence-corrected chi connectivity index (χ3v) is 8.61. The van der Waals surface area contributed by atoms with Crippen LogP contribution in [-0.2, 0) is 31.1 Å². The molecule has 245 valence electrons. The molecule has 0 fully saturated rings. The smallest absolute Gasteiger partial charge is 0.416 e. The van der Waals surface area contributed by atoms with Crippen LogP contribution in [-0.4, -0.2) is 20.9 Å². The summed E-state index contributed by atoms with van der Waals surface area (Å²) in [6, 6.07) is 12.7. The molecule has 4 rings (SSSR count). The van der Waals surface area contributed by atoms with Crippen molar-refractivity contribution in [3.8, 4) is 11.3 Å². The van der Waals surface area contributed by atoms with Gasteiger partial charge in [0.2, 0.25) is 0 Å².